The molecular weight excluding hydrogens is 224 g/mol. The average molecular weight is 246 g/mol. The van der Waals surface area contributed by atoms with E-state index in [1.54, 1.807) is 0 Å². The first-order chi connectivity index (χ1) is 8.74. The Morgan fingerprint density at radius 3 is 2.67 bits per heavy atom. The number of aliphatic hydroxyl groups is 1. The van der Waals surface area contributed by atoms with Crippen LogP contribution in [0, 0.1) is 11.8 Å². The van der Waals surface area contributed by atoms with Crippen molar-refractivity contribution in [2.24, 2.45) is 0 Å². The first kappa shape index (κ1) is 14.8. The molecule has 0 aliphatic rings. The summed E-state index contributed by atoms with van der Waals surface area (Å²) in [6.07, 6.45) is 2.09. The van der Waals surface area contributed by atoms with Crippen LogP contribution in [0.3, 0.4) is 0 Å². The minimum atomic E-state index is -0.703. The predicted octanol–water partition coefficient (Wildman–Crippen LogP) is 3.15. The van der Waals surface area contributed by atoms with Crippen molar-refractivity contribution in [1.82, 2.24) is 0 Å². The van der Waals surface area contributed by atoms with Gasteiger partial charge in [0.2, 0.25) is 0 Å². The van der Waals surface area contributed by atoms with E-state index in [4.69, 9.17) is 4.74 Å². The van der Waals surface area contributed by atoms with Gasteiger partial charge in [0.1, 0.15) is 6.10 Å². The molecule has 0 spiro atoms. The largest absolute Gasteiger partial charge is 0.378 e. The monoisotopic (exact) mass is 246 g/mol. The molecule has 0 radical (unpaired) electrons. The Hall–Kier alpha value is -1.30. The van der Waals surface area contributed by atoms with Crippen LogP contribution < -0.4 is 0 Å². The molecule has 98 valence electrons. The molecule has 1 aromatic rings. The maximum absolute atomic E-state index is 9.80. The van der Waals surface area contributed by atoms with Crippen molar-refractivity contribution in [3.05, 3.63) is 35.9 Å². The number of hydrogen-bond acceptors (Lipinski definition) is 2. The van der Waals surface area contributed by atoms with E-state index in [1.807, 2.05) is 37.3 Å². The van der Waals surface area contributed by atoms with Gasteiger partial charge in [-0.05, 0) is 18.9 Å². The molecule has 0 bridgehead atoms. The van der Waals surface area contributed by atoms with Crippen molar-refractivity contribution in [3.8, 4) is 11.8 Å². The number of rotatable bonds is 6. The molecule has 0 aliphatic carbocycles. The van der Waals surface area contributed by atoms with Crippen molar-refractivity contribution in [2.45, 2.75) is 51.9 Å². The van der Waals surface area contributed by atoms with Crippen molar-refractivity contribution < 1.29 is 9.84 Å². The lowest BCUT2D eigenvalue weighted by molar-refractivity contribution is -0.0116. The SMILES string of the molecule is CCCCC#CC(O)C(C)OCc1ccccc1. The zero-order chi connectivity index (χ0) is 13.2. The van der Waals surface area contributed by atoms with E-state index < -0.39 is 6.10 Å². The highest BCUT2D eigenvalue weighted by Gasteiger charge is 2.11. The van der Waals surface area contributed by atoms with Crippen LogP contribution in [0.25, 0.3) is 0 Å². The summed E-state index contributed by atoms with van der Waals surface area (Å²) in [5.41, 5.74) is 1.11. The van der Waals surface area contributed by atoms with Gasteiger partial charge >= 0.3 is 0 Å². The highest BCUT2D eigenvalue weighted by atomic mass is 16.5. The number of unbranched alkanes of at least 4 members (excludes halogenated alkanes) is 2. The Morgan fingerprint density at radius 1 is 1.28 bits per heavy atom. The first-order valence-electron chi connectivity index (χ1n) is 6.56. The molecule has 0 heterocycles. The molecule has 0 amide bonds. The summed E-state index contributed by atoms with van der Waals surface area (Å²) in [5, 5.41) is 9.80. The van der Waals surface area contributed by atoms with Gasteiger partial charge < -0.3 is 9.84 Å². The van der Waals surface area contributed by atoms with E-state index in [0.717, 1.165) is 24.8 Å². The Bertz CT molecular complexity index is 375. The third-order valence-electron chi connectivity index (χ3n) is 2.71. The molecule has 18 heavy (non-hydrogen) atoms. The molecule has 1 rings (SSSR count). The normalized spacial score (nSPS) is 13.5. The zero-order valence-electron chi connectivity index (χ0n) is 11.2. The second-order valence-electron chi connectivity index (χ2n) is 4.37. The van der Waals surface area contributed by atoms with Gasteiger partial charge in [-0.15, -0.1) is 5.92 Å². The van der Waals surface area contributed by atoms with Crippen LogP contribution in [0.5, 0.6) is 0 Å². The van der Waals surface area contributed by atoms with E-state index in [-0.39, 0.29) is 6.10 Å². The van der Waals surface area contributed by atoms with Gasteiger partial charge in [-0.25, -0.2) is 0 Å². The van der Waals surface area contributed by atoms with Crippen molar-refractivity contribution >= 4 is 0 Å². The number of aliphatic hydroxyl groups excluding tert-OH is 1. The minimum absolute atomic E-state index is 0.265. The maximum atomic E-state index is 9.80. The summed E-state index contributed by atoms with van der Waals surface area (Å²) >= 11 is 0. The second kappa shape index (κ2) is 8.74. The van der Waals surface area contributed by atoms with Crippen molar-refractivity contribution in [1.29, 1.82) is 0 Å². The molecule has 1 N–H and O–H groups in total. The number of hydrogen-bond donors (Lipinski definition) is 1. The second-order valence-corrected chi connectivity index (χ2v) is 4.37. The maximum Gasteiger partial charge on any atom is 0.140 e. The highest BCUT2D eigenvalue weighted by molar-refractivity contribution is 5.13. The first-order valence-corrected chi connectivity index (χ1v) is 6.56. The lowest BCUT2D eigenvalue weighted by Crippen LogP contribution is -2.24. The number of benzene rings is 1. The molecule has 2 nitrogen and oxygen atoms in total. The van der Waals surface area contributed by atoms with E-state index >= 15 is 0 Å². The molecule has 2 heteroatoms. The van der Waals surface area contributed by atoms with E-state index in [9.17, 15) is 5.11 Å². The van der Waals surface area contributed by atoms with Gasteiger partial charge in [0.05, 0.1) is 12.7 Å². The minimum Gasteiger partial charge on any atom is -0.378 e. The zero-order valence-corrected chi connectivity index (χ0v) is 11.2. The van der Waals surface area contributed by atoms with Crippen LogP contribution in [0.15, 0.2) is 30.3 Å². The third kappa shape index (κ3) is 5.86. The fourth-order valence-corrected chi connectivity index (χ4v) is 1.45. The van der Waals surface area contributed by atoms with Crippen LogP contribution in [-0.2, 0) is 11.3 Å². The summed E-state index contributed by atoms with van der Waals surface area (Å²) in [4.78, 5) is 0. The lowest BCUT2D eigenvalue weighted by Gasteiger charge is -2.15. The van der Waals surface area contributed by atoms with Crippen molar-refractivity contribution in [2.75, 3.05) is 0 Å². The average Bonchev–Trinajstić information content (AvgIpc) is 2.42. The fourth-order valence-electron chi connectivity index (χ4n) is 1.45. The Balaban J connectivity index is 2.30. The van der Waals surface area contributed by atoms with Crippen molar-refractivity contribution in [3.63, 3.8) is 0 Å². The topological polar surface area (TPSA) is 29.5 Å². The molecule has 1 aromatic carbocycles. The van der Waals surface area contributed by atoms with E-state index in [0.29, 0.717) is 6.61 Å². The van der Waals surface area contributed by atoms with Crippen LogP contribution in [0.4, 0.5) is 0 Å². The molecule has 0 aliphatic heterocycles. The quantitative estimate of drug-likeness (QED) is 0.617. The smallest absolute Gasteiger partial charge is 0.140 e. The standard InChI is InChI=1S/C16H22O2/c1-3-4-5-9-12-16(17)14(2)18-13-15-10-7-6-8-11-15/h6-8,10-11,14,16-17H,3-5,13H2,1-2H3. The molecule has 0 saturated heterocycles. The Morgan fingerprint density at radius 2 is 2.00 bits per heavy atom. The van der Waals surface area contributed by atoms with Gasteiger partial charge in [0, 0.05) is 6.42 Å². The summed E-state index contributed by atoms with van der Waals surface area (Å²) in [5.74, 6) is 5.82. The third-order valence-corrected chi connectivity index (χ3v) is 2.71. The summed E-state index contributed by atoms with van der Waals surface area (Å²) in [6.45, 7) is 4.49. The van der Waals surface area contributed by atoms with Gasteiger partial charge in [-0.1, -0.05) is 49.6 Å². The number of ether oxygens (including phenoxy) is 1. The Labute approximate surface area is 110 Å². The molecule has 0 aromatic heterocycles. The fraction of sp³-hybridized carbons (Fsp3) is 0.500. The lowest BCUT2D eigenvalue weighted by atomic mass is 10.2. The molecule has 2 unspecified atom stereocenters. The highest BCUT2D eigenvalue weighted by Crippen LogP contribution is 2.05. The predicted molar refractivity (Wildman–Crippen MR) is 74.0 cm³/mol. The van der Waals surface area contributed by atoms with Gasteiger partial charge in [-0.2, -0.15) is 0 Å². The molecular formula is C16H22O2. The van der Waals surface area contributed by atoms with E-state index in [1.165, 1.54) is 0 Å². The van der Waals surface area contributed by atoms with Crippen LogP contribution in [-0.4, -0.2) is 17.3 Å². The van der Waals surface area contributed by atoms with Gasteiger partial charge in [0.15, 0.2) is 0 Å². The van der Waals surface area contributed by atoms with Crippen LogP contribution in [0.1, 0.15) is 38.7 Å². The van der Waals surface area contributed by atoms with E-state index in [2.05, 4.69) is 18.8 Å². The summed E-state index contributed by atoms with van der Waals surface area (Å²) in [7, 11) is 0. The molecule has 2 atom stereocenters. The summed E-state index contributed by atoms with van der Waals surface area (Å²) < 4.78 is 5.59. The molecule has 0 fully saturated rings. The van der Waals surface area contributed by atoms with Crippen LogP contribution in [0.2, 0.25) is 0 Å². The van der Waals surface area contributed by atoms with Gasteiger partial charge in [-0.3, -0.25) is 0 Å². The summed E-state index contributed by atoms with van der Waals surface area (Å²) in [6, 6.07) is 9.94. The van der Waals surface area contributed by atoms with Gasteiger partial charge in [0.25, 0.3) is 0 Å². The van der Waals surface area contributed by atoms with Crippen LogP contribution >= 0.6 is 0 Å². The Kier molecular flexibility index (Phi) is 7.17. The molecule has 0 saturated carbocycles.